The second kappa shape index (κ2) is 8.33. The number of para-hydroxylation sites is 1. The topological polar surface area (TPSA) is 38.9 Å². The Bertz CT molecular complexity index is 1910. The van der Waals surface area contributed by atoms with Gasteiger partial charge in [0.1, 0.15) is 11.2 Å². The fraction of sp³-hybridized carbons (Fsp3) is 0. The molecule has 0 aliphatic rings. The quantitative estimate of drug-likeness (QED) is 0.252. The lowest BCUT2D eigenvalue weighted by Crippen LogP contribution is -1.96. The lowest BCUT2D eigenvalue weighted by atomic mass is 10.0. The van der Waals surface area contributed by atoms with E-state index in [-0.39, 0.29) is 0 Å². The lowest BCUT2D eigenvalue weighted by molar-refractivity contribution is 0.670. The molecule has 0 fully saturated rings. The van der Waals surface area contributed by atoms with Gasteiger partial charge in [-0.05, 0) is 41.1 Å². The van der Waals surface area contributed by atoms with E-state index in [1.54, 1.807) is 0 Å². The van der Waals surface area contributed by atoms with E-state index in [4.69, 9.17) is 26.0 Å². The van der Waals surface area contributed by atoms with E-state index in [0.29, 0.717) is 10.8 Å². The fourth-order valence-electron chi connectivity index (χ4n) is 4.87. The van der Waals surface area contributed by atoms with Gasteiger partial charge in [-0.2, -0.15) is 0 Å². The van der Waals surface area contributed by atoms with E-state index in [1.165, 1.54) is 10.8 Å². The second-order valence-corrected chi connectivity index (χ2v) is 9.22. The molecule has 2 heterocycles. The van der Waals surface area contributed by atoms with Gasteiger partial charge in [0, 0.05) is 32.5 Å². The zero-order valence-electron chi connectivity index (χ0n) is 19.2. The minimum atomic E-state index is 0.654. The molecule has 7 aromatic rings. The van der Waals surface area contributed by atoms with Crippen LogP contribution in [0, 0.1) is 0 Å². The molecule has 7 rings (SSSR count). The third kappa shape index (κ3) is 3.44. The van der Waals surface area contributed by atoms with Crippen molar-refractivity contribution in [2.45, 2.75) is 0 Å². The number of nitrogens with zero attached hydrogens (tertiary/aromatic N) is 2. The standard InChI is InChI=1S/C32H19ClN2O/c33-23-12-6-11-22(18-23)27-19-28(35-32(34-27)21-9-2-1-3-10-21)25-14-7-15-26-30-24-13-5-4-8-20(24)16-17-29(30)36-31(25)26/h1-19H. The summed E-state index contributed by atoms with van der Waals surface area (Å²) >= 11 is 6.32. The van der Waals surface area contributed by atoms with Crippen LogP contribution >= 0.6 is 11.6 Å². The molecule has 0 aliphatic carbocycles. The summed E-state index contributed by atoms with van der Waals surface area (Å²) in [4.78, 5) is 9.90. The summed E-state index contributed by atoms with van der Waals surface area (Å²) in [6.07, 6.45) is 0. The van der Waals surface area contributed by atoms with Crippen LogP contribution in [0.3, 0.4) is 0 Å². The molecule has 0 radical (unpaired) electrons. The van der Waals surface area contributed by atoms with Crippen LogP contribution in [0.2, 0.25) is 5.02 Å². The third-order valence-electron chi connectivity index (χ3n) is 6.54. The van der Waals surface area contributed by atoms with Crippen LogP contribution in [0.1, 0.15) is 0 Å². The van der Waals surface area contributed by atoms with Crippen molar-refractivity contribution in [2.75, 3.05) is 0 Å². The number of fused-ring (bicyclic) bond motifs is 5. The van der Waals surface area contributed by atoms with Gasteiger partial charge in [0.15, 0.2) is 5.82 Å². The number of hydrogen-bond acceptors (Lipinski definition) is 3. The molecule has 4 heteroatoms. The first-order valence-corrected chi connectivity index (χ1v) is 12.2. The lowest BCUT2D eigenvalue weighted by Gasteiger charge is -2.10. The van der Waals surface area contributed by atoms with Gasteiger partial charge in [0.2, 0.25) is 0 Å². The summed E-state index contributed by atoms with van der Waals surface area (Å²) in [6, 6.07) is 38.6. The van der Waals surface area contributed by atoms with Crippen molar-refractivity contribution in [1.82, 2.24) is 9.97 Å². The number of hydrogen-bond donors (Lipinski definition) is 0. The van der Waals surface area contributed by atoms with Crippen molar-refractivity contribution in [1.29, 1.82) is 0 Å². The maximum Gasteiger partial charge on any atom is 0.160 e. The van der Waals surface area contributed by atoms with Gasteiger partial charge < -0.3 is 4.42 Å². The average molecular weight is 483 g/mol. The zero-order chi connectivity index (χ0) is 24.1. The first-order chi connectivity index (χ1) is 17.7. The molecule has 36 heavy (non-hydrogen) atoms. The van der Waals surface area contributed by atoms with Gasteiger partial charge in [-0.1, -0.05) is 96.5 Å². The maximum absolute atomic E-state index is 6.47. The molecule has 0 bridgehead atoms. The van der Waals surface area contributed by atoms with Gasteiger partial charge in [-0.25, -0.2) is 9.97 Å². The third-order valence-corrected chi connectivity index (χ3v) is 6.78. The average Bonchev–Trinajstić information content (AvgIpc) is 3.33. The number of aromatic nitrogens is 2. The Balaban J connectivity index is 1.52. The largest absolute Gasteiger partial charge is 0.455 e. The predicted molar refractivity (Wildman–Crippen MR) is 148 cm³/mol. The number of halogens is 1. The molecular weight excluding hydrogens is 464 g/mol. The Morgan fingerprint density at radius 3 is 2.22 bits per heavy atom. The van der Waals surface area contributed by atoms with Gasteiger partial charge in [-0.15, -0.1) is 0 Å². The molecule has 5 aromatic carbocycles. The van der Waals surface area contributed by atoms with Crippen molar-refractivity contribution >= 4 is 44.3 Å². The minimum Gasteiger partial charge on any atom is -0.455 e. The summed E-state index contributed by atoms with van der Waals surface area (Å²) in [5, 5.41) is 5.23. The van der Waals surface area contributed by atoms with Crippen molar-refractivity contribution in [3.05, 3.63) is 120 Å². The SMILES string of the molecule is Clc1cccc(-c2cc(-c3cccc4c3oc3ccc5ccccc5c34)nc(-c3ccccc3)n2)c1. The Labute approximate surface area is 212 Å². The van der Waals surface area contributed by atoms with Gasteiger partial charge >= 0.3 is 0 Å². The van der Waals surface area contributed by atoms with Crippen molar-refractivity contribution in [2.24, 2.45) is 0 Å². The van der Waals surface area contributed by atoms with Crippen LogP contribution < -0.4 is 0 Å². The summed E-state index contributed by atoms with van der Waals surface area (Å²) in [5.41, 5.74) is 6.10. The van der Waals surface area contributed by atoms with Crippen LogP contribution in [0.15, 0.2) is 120 Å². The van der Waals surface area contributed by atoms with Crippen LogP contribution in [-0.2, 0) is 0 Å². The van der Waals surface area contributed by atoms with Gasteiger partial charge in [0.25, 0.3) is 0 Å². The van der Waals surface area contributed by atoms with Crippen LogP contribution in [0.25, 0.3) is 66.6 Å². The molecule has 0 amide bonds. The number of benzene rings is 5. The van der Waals surface area contributed by atoms with Gasteiger partial charge in [-0.3, -0.25) is 0 Å². The highest BCUT2D eigenvalue weighted by molar-refractivity contribution is 6.30. The smallest absolute Gasteiger partial charge is 0.160 e. The molecule has 0 atom stereocenters. The molecule has 0 aliphatic heterocycles. The first kappa shape index (κ1) is 20.9. The van der Waals surface area contributed by atoms with Crippen molar-refractivity contribution < 1.29 is 4.42 Å². The van der Waals surface area contributed by atoms with Crippen LogP contribution in [0.4, 0.5) is 0 Å². The van der Waals surface area contributed by atoms with E-state index in [0.717, 1.165) is 50.0 Å². The van der Waals surface area contributed by atoms with E-state index in [9.17, 15) is 0 Å². The summed E-state index contributed by atoms with van der Waals surface area (Å²) in [7, 11) is 0. The van der Waals surface area contributed by atoms with Crippen molar-refractivity contribution in [3.63, 3.8) is 0 Å². The summed E-state index contributed by atoms with van der Waals surface area (Å²) < 4.78 is 6.47. The number of rotatable bonds is 3. The van der Waals surface area contributed by atoms with Crippen molar-refractivity contribution in [3.8, 4) is 33.9 Å². The Kier molecular flexibility index (Phi) is 4.83. The van der Waals surface area contributed by atoms with E-state index >= 15 is 0 Å². The molecule has 0 unspecified atom stereocenters. The molecule has 2 aromatic heterocycles. The van der Waals surface area contributed by atoms with E-state index in [1.807, 2.05) is 66.7 Å². The highest BCUT2D eigenvalue weighted by Crippen LogP contribution is 2.39. The Morgan fingerprint density at radius 2 is 1.33 bits per heavy atom. The second-order valence-electron chi connectivity index (χ2n) is 8.78. The van der Waals surface area contributed by atoms with E-state index in [2.05, 4.69) is 48.5 Å². The van der Waals surface area contributed by atoms with Gasteiger partial charge in [0.05, 0.1) is 11.4 Å². The molecule has 0 N–H and O–H groups in total. The summed E-state index contributed by atoms with van der Waals surface area (Å²) in [6.45, 7) is 0. The van der Waals surface area contributed by atoms with Crippen LogP contribution in [0.5, 0.6) is 0 Å². The molecule has 3 nitrogen and oxygen atoms in total. The Morgan fingerprint density at radius 1 is 0.583 bits per heavy atom. The first-order valence-electron chi connectivity index (χ1n) is 11.8. The normalized spacial score (nSPS) is 11.5. The highest BCUT2D eigenvalue weighted by Gasteiger charge is 2.17. The van der Waals surface area contributed by atoms with E-state index < -0.39 is 0 Å². The highest BCUT2D eigenvalue weighted by atomic mass is 35.5. The zero-order valence-corrected chi connectivity index (χ0v) is 19.9. The molecule has 0 saturated heterocycles. The molecule has 170 valence electrons. The monoisotopic (exact) mass is 482 g/mol. The molecule has 0 spiro atoms. The molecule has 0 saturated carbocycles. The van der Waals surface area contributed by atoms with Crippen LogP contribution in [-0.4, -0.2) is 9.97 Å². The Hall–Kier alpha value is -4.47. The number of furan rings is 1. The minimum absolute atomic E-state index is 0.654. The summed E-state index contributed by atoms with van der Waals surface area (Å²) in [5.74, 6) is 0.654. The maximum atomic E-state index is 6.47. The predicted octanol–water partition coefficient (Wildman–Crippen LogP) is 9.18. The molecular formula is C32H19ClN2O. The fourth-order valence-corrected chi connectivity index (χ4v) is 5.06.